The third-order valence-corrected chi connectivity index (χ3v) is 3.18. The van der Waals surface area contributed by atoms with Gasteiger partial charge in [0.1, 0.15) is 0 Å². The van der Waals surface area contributed by atoms with Gasteiger partial charge in [0, 0.05) is 31.0 Å². The van der Waals surface area contributed by atoms with Gasteiger partial charge >= 0.3 is 0 Å². The number of pyridine rings is 1. The van der Waals surface area contributed by atoms with Crippen molar-refractivity contribution in [3.63, 3.8) is 0 Å². The zero-order valence-electron chi connectivity index (χ0n) is 11.4. The van der Waals surface area contributed by atoms with E-state index in [1.54, 1.807) is 12.4 Å². The maximum Gasteiger partial charge on any atom is 0.0666 e. The predicted molar refractivity (Wildman–Crippen MR) is 72.7 cm³/mol. The average molecular weight is 246 g/mol. The first-order chi connectivity index (χ1) is 8.60. The fraction of sp³-hybridized carbons (Fsp3) is 0.571. The molecule has 3 atom stereocenters. The van der Waals surface area contributed by atoms with Crippen LogP contribution in [-0.4, -0.2) is 29.5 Å². The zero-order chi connectivity index (χ0) is 13.5. The molecule has 0 aromatic carbocycles. The van der Waals surface area contributed by atoms with Crippen molar-refractivity contribution in [2.75, 3.05) is 13.6 Å². The Hall–Kier alpha value is -1.44. The summed E-state index contributed by atoms with van der Waals surface area (Å²) >= 11 is 0. The number of hydrogen-bond donors (Lipinski definition) is 1. The third kappa shape index (κ3) is 3.80. The van der Waals surface area contributed by atoms with Crippen molar-refractivity contribution < 1.29 is 0 Å². The van der Waals surface area contributed by atoms with Crippen LogP contribution in [0.4, 0.5) is 0 Å². The number of hydrogen-bond acceptors (Lipinski definition) is 4. The topological polar surface area (TPSA) is 65.9 Å². The molecule has 1 rings (SSSR count). The minimum atomic E-state index is 0.00314. The summed E-state index contributed by atoms with van der Waals surface area (Å²) in [6.45, 7) is 4.73. The second-order valence-corrected chi connectivity index (χ2v) is 4.77. The van der Waals surface area contributed by atoms with Crippen LogP contribution in [0.1, 0.15) is 31.9 Å². The highest BCUT2D eigenvalue weighted by molar-refractivity contribution is 5.17. The van der Waals surface area contributed by atoms with Crippen molar-refractivity contribution in [3.8, 4) is 6.07 Å². The monoisotopic (exact) mass is 246 g/mol. The molecule has 0 aliphatic carbocycles. The molecule has 0 aliphatic heterocycles. The van der Waals surface area contributed by atoms with Crippen molar-refractivity contribution in [1.82, 2.24) is 9.88 Å². The van der Waals surface area contributed by atoms with E-state index < -0.39 is 0 Å². The second-order valence-electron chi connectivity index (χ2n) is 4.77. The Balaban J connectivity index is 2.89. The standard InChI is InChI=1S/C14H22N4/c1-4-13(16)14(12-5-7-17-8-6-12)18(3)10-11(2)9-15/h5-8,11,13-14H,4,10,16H2,1-3H3. The van der Waals surface area contributed by atoms with Gasteiger partial charge in [-0.1, -0.05) is 6.92 Å². The van der Waals surface area contributed by atoms with E-state index in [0.717, 1.165) is 18.5 Å². The van der Waals surface area contributed by atoms with E-state index in [2.05, 4.69) is 22.9 Å². The summed E-state index contributed by atoms with van der Waals surface area (Å²) in [6.07, 6.45) is 4.47. The third-order valence-electron chi connectivity index (χ3n) is 3.18. The Bertz CT molecular complexity index is 385. The summed E-state index contributed by atoms with van der Waals surface area (Å²) in [5.74, 6) is 0.00314. The van der Waals surface area contributed by atoms with Gasteiger partial charge < -0.3 is 5.73 Å². The van der Waals surface area contributed by atoms with Gasteiger partial charge in [-0.05, 0) is 38.1 Å². The van der Waals surface area contributed by atoms with Crippen LogP contribution in [0.2, 0.25) is 0 Å². The van der Waals surface area contributed by atoms with Crippen LogP contribution in [0.5, 0.6) is 0 Å². The Morgan fingerprint density at radius 2 is 2.06 bits per heavy atom. The van der Waals surface area contributed by atoms with Gasteiger partial charge in [-0.3, -0.25) is 9.88 Å². The van der Waals surface area contributed by atoms with Crippen molar-refractivity contribution in [1.29, 1.82) is 5.26 Å². The molecule has 1 aromatic heterocycles. The van der Waals surface area contributed by atoms with E-state index in [9.17, 15) is 0 Å². The summed E-state index contributed by atoms with van der Waals surface area (Å²) in [5, 5.41) is 8.91. The molecular weight excluding hydrogens is 224 g/mol. The number of likely N-dealkylation sites (N-methyl/N-ethyl adjacent to an activating group) is 1. The van der Waals surface area contributed by atoms with Crippen molar-refractivity contribution in [2.45, 2.75) is 32.4 Å². The number of rotatable bonds is 6. The van der Waals surface area contributed by atoms with E-state index in [0.29, 0.717) is 0 Å². The molecule has 4 nitrogen and oxygen atoms in total. The first-order valence-electron chi connectivity index (χ1n) is 6.35. The molecule has 0 fully saturated rings. The number of nitrogens with zero attached hydrogens (tertiary/aromatic N) is 3. The fourth-order valence-electron chi connectivity index (χ4n) is 2.20. The van der Waals surface area contributed by atoms with E-state index in [4.69, 9.17) is 11.0 Å². The second kappa shape index (κ2) is 7.10. The van der Waals surface area contributed by atoms with Crippen LogP contribution in [-0.2, 0) is 0 Å². The van der Waals surface area contributed by atoms with E-state index >= 15 is 0 Å². The summed E-state index contributed by atoms with van der Waals surface area (Å²) < 4.78 is 0. The molecule has 0 saturated heterocycles. The maximum absolute atomic E-state index is 8.91. The molecule has 0 radical (unpaired) electrons. The molecular formula is C14H22N4. The first-order valence-corrected chi connectivity index (χ1v) is 6.35. The zero-order valence-corrected chi connectivity index (χ0v) is 11.4. The van der Waals surface area contributed by atoms with Crippen molar-refractivity contribution in [3.05, 3.63) is 30.1 Å². The van der Waals surface area contributed by atoms with Crippen molar-refractivity contribution in [2.24, 2.45) is 11.7 Å². The Labute approximate surface area is 109 Å². The molecule has 1 heterocycles. The highest BCUT2D eigenvalue weighted by Crippen LogP contribution is 2.24. The van der Waals surface area contributed by atoms with Crippen LogP contribution >= 0.6 is 0 Å². The molecule has 0 aliphatic rings. The number of nitriles is 1. The van der Waals surface area contributed by atoms with E-state index in [1.807, 2.05) is 26.1 Å². The van der Waals surface area contributed by atoms with Crippen molar-refractivity contribution >= 4 is 0 Å². The molecule has 0 saturated carbocycles. The first kappa shape index (κ1) is 14.6. The molecule has 0 bridgehead atoms. The molecule has 2 N–H and O–H groups in total. The SMILES string of the molecule is CCC(N)C(c1ccncc1)N(C)CC(C)C#N. The van der Waals surface area contributed by atoms with Gasteiger partial charge in [0.15, 0.2) is 0 Å². The average Bonchev–Trinajstić information content (AvgIpc) is 2.39. The minimum Gasteiger partial charge on any atom is -0.326 e. The van der Waals surface area contributed by atoms with E-state index in [-0.39, 0.29) is 18.0 Å². The number of aromatic nitrogens is 1. The highest BCUT2D eigenvalue weighted by Gasteiger charge is 2.23. The van der Waals surface area contributed by atoms with Crippen LogP contribution in [0.25, 0.3) is 0 Å². The lowest BCUT2D eigenvalue weighted by Gasteiger charge is -2.33. The Kier molecular flexibility index (Phi) is 5.76. The molecule has 0 spiro atoms. The van der Waals surface area contributed by atoms with Gasteiger partial charge in [-0.2, -0.15) is 5.26 Å². The Morgan fingerprint density at radius 3 is 2.56 bits per heavy atom. The highest BCUT2D eigenvalue weighted by atomic mass is 15.1. The van der Waals surface area contributed by atoms with Gasteiger partial charge in [0.2, 0.25) is 0 Å². The van der Waals surface area contributed by atoms with Gasteiger partial charge in [0.05, 0.1) is 12.0 Å². The number of nitrogens with two attached hydrogens (primary N) is 1. The minimum absolute atomic E-state index is 0.00314. The molecule has 0 amide bonds. The molecule has 98 valence electrons. The van der Waals surface area contributed by atoms with Gasteiger partial charge in [0.25, 0.3) is 0 Å². The van der Waals surface area contributed by atoms with Gasteiger partial charge in [-0.25, -0.2) is 0 Å². The quantitative estimate of drug-likeness (QED) is 0.833. The van der Waals surface area contributed by atoms with Gasteiger partial charge in [-0.15, -0.1) is 0 Å². The lowest BCUT2D eigenvalue weighted by atomic mass is 9.97. The summed E-state index contributed by atoms with van der Waals surface area (Å²) in [5.41, 5.74) is 7.38. The fourth-order valence-corrected chi connectivity index (χ4v) is 2.20. The summed E-state index contributed by atoms with van der Waals surface area (Å²) in [7, 11) is 2.02. The molecule has 1 aromatic rings. The molecule has 18 heavy (non-hydrogen) atoms. The smallest absolute Gasteiger partial charge is 0.0666 e. The molecule has 4 heteroatoms. The maximum atomic E-state index is 8.91. The predicted octanol–water partition coefficient (Wildman–Crippen LogP) is 1.95. The lowest BCUT2D eigenvalue weighted by molar-refractivity contribution is 0.196. The summed E-state index contributed by atoms with van der Waals surface area (Å²) in [6, 6.07) is 6.44. The van der Waals surface area contributed by atoms with Crippen LogP contribution in [0.15, 0.2) is 24.5 Å². The van der Waals surface area contributed by atoms with Crippen LogP contribution < -0.4 is 5.73 Å². The Morgan fingerprint density at radius 1 is 1.44 bits per heavy atom. The van der Waals surface area contributed by atoms with Crippen LogP contribution in [0, 0.1) is 17.2 Å². The van der Waals surface area contributed by atoms with E-state index in [1.165, 1.54) is 0 Å². The largest absolute Gasteiger partial charge is 0.326 e. The summed E-state index contributed by atoms with van der Waals surface area (Å²) in [4.78, 5) is 6.20. The van der Waals surface area contributed by atoms with Crippen LogP contribution in [0.3, 0.4) is 0 Å². The molecule has 3 unspecified atom stereocenters. The normalized spacial score (nSPS) is 16.0. The lowest BCUT2D eigenvalue weighted by Crippen LogP contribution is -2.40.